The molecule has 7 heteroatoms. The summed E-state index contributed by atoms with van der Waals surface area (Å²) in [5.41, 5.74) is 7.53. The van der Waals surface area contributed by atoms with E-state index in [0.29, 0.717) is 11.6 Å². The summed E-state index contributed by atoms with van der Waals surface area (Å²) in [5, 5.41) is 14.2. The summed E-state index contributed by atoms with van der Waals surface area (Å²) in [5.74, 6) is 1.18. The van der Waals surface area contributed by atoms with Crippen LogP contribution in [0.4, 0.5) is 5.69 Å². The molecule has 0 amide bonds. The summed E-state index contributed by atoms with van der Waals surface area (Å²) in [7, 11) is 1.62. The van der Waals surface area contributed by atoms with Gasteiger partial charge >= 0.3 is 0 Å². The van der Waals surface area contributed by atoms with Crippen LogP contribution >= 0.6 is 11.8 Å². The predicted octanol–water partition coefficient (Wildman–Crippen LogP) is 2.61. The van der Waals surface area contributed by atoms with E-state index < -0.39 is 0 Å². The predicted molar refractivity (Wildman–Crippen MR) is 81.1 cm³/mol. The Morgan fingerprint density at radius 1 is 1.10 bits per heavy atom. The van der Waals surface area contributed by atoms with Gasteiger partial charge in [-0.15, -0.1) is 10.2 Å². The van der Waals surface area contributed by atoms with Crippen molar-refractivity contribution in [3.05, 3.63) is 42.5 Å². The average Bonchev–Trinajstić information content (AvgIpc) is 3.03. The normalized spacial score (nSPS) is 10.5. The van der Waals surface area contributed by atoms with E-state index >= 15 is 0 Å². The van der Waals surface area contributed by atoms with Crippen LogP contribution in [-0.2, 0) is 0 Å². The van der Waals surface area contributed by atoms with Gasteiger partial charge in [-0.3, -0.25) is 0 Å². The van der Waals surface area contributed by atoms with Gasteiger partial charge in [0.25, 0.3) is 0 Å². The first-order valence-corrected chi connectivity index (χ1v) is 7.04. The zero-order valence-corrected chi connectivity index (χ0v) is 12.1. The molecular formula is C14H13N5OS. The molecule has 3 N–H and O–H groups in total. The van der Waals surface area contributed by atoms with Crippen molar-refractivity contribution in [1.82, 2.24) is 20.6 Å². The number of hydrogen-bond acceptors (Lipinski definition) is 6. The van der Waals surface area contributed by atoms with Gasteiger partial charge in [0.1, 0.15) is 5.75 Å². The van der Waals surface area contributed by atoms with Crippen molar-refractivity contribution in [1.29, 1.82) is 0 Å². The number of tetrazole rings is 1. The van der Waals surface area contributed by atoms with E-state index in [4.69, 9.17) is 10.5 Å². The number of ether oxygens (including phenoxy) is 1. The third kappa shape index (κ3) is 2.68. The van der Waals surface area contributed by atoms with Crippen molar-refractivity contribution in [2.75, 3.05) is 12.8 Å². The molecule has 3 aromatic rings. The van der Waals surface area contributed by atoms with Gasteiger partial charge in [-0.1, -0.05) is 30.0 Å². The van der Waals surface area contributed by atoms with Crippen molar-refractivity contribution >= 4 is 17.4 Å². The molecule has 2 aromatic carbocycles. The van der Waals surface area contributed by atoms with Gasteiger partial charge < -0.3 is 10.5 Å². The Morgan fingerprint density at radius 3 is 2.62 bits per heavy atom. The number of nitrogen functional groups attached to an aromatic ring is 1. The maximum atomic E-state index is 6.01. The number of nitrogens with zero attached hydrogens (tertiary/aromatic N) is 3. The topological polar surface area (TPSA) is 89.7 Å². The van der Waals surface area contributed by atoms with E-state index in [9.17, 15) is 0 Å². The molecule has 6 nitrogen and oxygen atoms in total. The summed E-state index contributed by atoms with van der Waals surface area (Å²) in [6.45, 7) is 0. The van der Waals surface area contributed by atoms with Gasteiger partial charge in [-0.25, -0.2) is 0 Å². The van der Waals surface area contributed by atoms with Crippen LogP contribution in [0.15, 0.2) is 52.3 Å². The standard InChI is InChI=1S/C14H13N5OS/c1-20-10-6-4-8-12(13(10)14-16-18-19-17-14)21-11-7-3-2-5-9(11)15/h2-8H,15H2,1H3,(H,16,17,18,19). The smallest absolute Gasteiger partial charge is 0.209 e. The summed E-state index contributed by atoms with van der Waals surface area (Å²) >= 11 is 1.54. The summed E-state index contributed by atoms with van der Waals surface area (Å²) in [6.07, 6.45) is 0. The van der Waals surface area contributed by atoms with Gasteiger partial charge in [0, 0.05) is 15.5 Å². The fourth-order valence-corrected chi connectivity index (χ4v) is 2.96. The van der Waals surface area contributed by atoms with Crippen LogP contribution < -0.4 is 10.5 Å². The molecule has 0 saturated carbocycles. The Labute approximate surface area is 125 Å². The second-order valence-corrected chi connectivity index (χ2v) is 5.29. The number of rotatable bonds is 4. The molecule has 0 aliphatic rings. The molecule has 0 aliphatic heterocycles. The van der Waals surface area contributed by atoms with Gasteiger partial charge in [-0.05, 0) is 29.5 Å². The Bertz CT molecular complexity index is 745. The molecule has 106 valence electrons. The lowest BCUT2D eigenvalue weighted by Gasteiger charge is -2.11. The zero-order valence-electron chi connectivity index (χ0n) is 11.3. The molecule has 0 spiro atoms. The highest BCUT2D eigenvalue weighted by atomic mass is 32.2. The minimum absolute atomic E-state index is 0.490. The molecule has 1 aromatic heterocycles. The number of benzene rings is 2. The van der Waals surface area contributed by atoms with Crippen LogP contribution in [-0.4, -0.2) is 27.7 Å². The van der Waals surface area contributed by atoms with Crippen molar-refractivity contribution in [3.63, 3.8) is 0 Å². The number of H-pyrrole nitrogens is 1. The molecule has 0 unspecified atom stereocenters. The van der Waals surface area contributed by atoms with Gasteiger partial charge in [0.15, 0.2) is 0 Å². The second-order valence-electron chi connectivity index (χ2n) is 4.21. The molecule has 0 fully saturated rings. The highest BCUT2D eigenvalue weighted by Gasteiger charge is 2.16. The minimum Gasteiger partial charge on any atom is -0.496 e. The lowest BCUT2D eigenvalue weighted by Crippen LogP contribution is -1.93. The largest absolute Gasteiger partial charge is 0.496 e. The van der Waals surface area contributed by atoms with Crippen LogP contribution in [0, 0.1) is 0 Å². The first-order chi connectivity index (χ1) is 10.3. The number of methoxy groups -OCH3 is 1. The molecule has 0 atom stereocenters. The van der Waals surface area contributed by atoms with E-state index in [1.54, 1.807) is 18.9 Å². The van der Waals surface area contributed by atoms with E-state index in [0.717, 1.165) is 21.0 Å². The first-order valence-electron chi connectivity index (χ1n) is 6.23. The van der Waals surface area contributed by atoms with Gasteiger partial charge in [0.2, 0.25) is 5.82 Å². The van der Waals surface area contributed by atoms with Crippen molar-refractivity contribution in [2.45, 2.75) is 9.79 Å². The fourth-order valence-electron chi connectivity index (χ4n) is 1.95. The average molecular weight is 299 g/mol. The second kappa shape index (κ2) is 5.84. The maximum Gasteiger partial charge on any atom is 0.209 e. The SMILES string of the molecule is COc1cccc(Sc2ccccc2N)c1-c1nn[nH]n1. The van der Waals surface area contributed by atoms with E-state index in [1.165, 1.54) is 0 Å². The molecular weight excluding hydrogens is 286 g/mol. The van der Waals surface area contributed by atoms with Gasteiger partial charge in [0.05, 0.1) is 12.7 Å². The van der Waals surface area contributed by atoms with E-state index in [1.807, 2.05) is 42.5 Å². The van der Waals surface area contributed by atoms with Crippen molar-refractivity contribution < 1.29 is 4.74 Å². The third-order valence-electron chi connectivity index (χ3n) is 2.92. The number of hydrogen-bond donors (Lipinski definition) is 2. The Hall–Kier alpha value is -2.54. The lowest BCUT2D eigenvalue weighted by molar-refractivity contribution is 0.415. The molecule has 1 heterocycles. The highest BCUT2D eigenvalue weighted by Crippen LogP contribution is 2.41. The van der Waals surface area contributed by atoms with Crippen molar-refractivity contribution in [2.24, 2.45) is 0 Å². The van der Waals surface area contributed by atoms with Crippen LogP contribution in [0.1, 0.15) is 0 Å². The molecule has 0 bridgehead atoms. The Morgan fingerprint density at radius 2 is 1.90 bits per heavy atom. The number of nitrogens with one attached hydrogen (secondary N) is 1. The summed E-state index contributed by atoms with van der Waals surface area (Å²) < 4.78 is 5.41. The molecule has 0 saturated heterocycles. The van der Waals surface area contributed by atoms with E-state index in [2.05, 4.69) is 20.6 Å². The summed E-state index contributed by atoms with van der Waals surface area (Å²) in [4.78, 5) is 1.92. The molecule has 21 heavy (non-hydrogen) atoms. The number of aromatic amines is 1. The number of anilines is 1. The van der Waals surface area contributed by atoms with Crippen LogP contribution in [0.2, 0.25) is 0 Å². The highest BCUT2D eigenvalue weighted by molar-refractivity contribution is 7.99. The third-order valence-corrected chi connectivity index (χ3v) is 4.07. The lowest BCUT2D eigenvalue weighted by atomic mass is 10.2. The van der Waals surface area contributed by atoms with Crippen molar-refractivity contribution in [3.8, 4) is 17.1 Å². The van der Waals surface area contributed by atoms with Crippen LogP contribution in [0.25, 0.3) is 11.4 Å². The quantitative estimate of drug-likeness (QED) is 0.720. The number of para-hydroxylation sites is 1. The maximum absolute atomic E-state index is 6.01. The van der Waals surface area contributed by atoms with E-state index in [-0.39, 0.29) is 0 Å². The van der Waals surface area contributed by atoms with Gasteiger partial charge in [-0.2, -0.15) is 5.21 Å². The van der Waals surface area contributed by atoms with Crippen LogP contribution in [0.5, 0.6) is 5.75 Å². The molecule has 3 rings (SSSR count). The Balaban J connectivity index is 2.09. The monoisotopic (exact) mass is 299 g/mol. The molecule has 0 aliphatic carbocycles. The summed E-state index contributed by atoms with van der Waals surface area (Å²) in [6, 6.07) is 13.5. The number of aromatic nitrogens is 4. The minimum atomic E-state index is 0.490. The van der Waals surface area contributed by atoms with Crippen LogP contribution in [0.3, 0.4) is 0 Å². The number of nitrogens with two attached hydrogens (primary N) is 1. The fraction of sp³-hybridized carbons (Fsp3) is 0.0714. The molecule has 0 radical (unpaired) electrons. The first kappa shape index (κ1) is 13.4. The zero-order chi connectivity index (χ0) is 14.7. The Kier molecular flexibility index (Phi) is 3.74.